The topological polar surface area (TPSA) is 43.4 Å². The molecule has 0 heterocycles. The number of benzene rings is 2. The lowest BCUT2D eigenvalue weighted by Crippen LogP contribution is -2.11. The molecule has 0 radical (unpaired) electrons. The van der Waals surface area contributed by atoms with Crippen LogP contribution in [0.3, 0.4) is 0 Å². The number of halogens is 1. The molecule has 21 heavy (non-hydrogen) atoms. The van der Waals surface area contributed by atoms with Crippen molar-refractivity contribution < 1.29 is 17.5 Å². The standard InChI is InChI=1S/C16H17FO3S/c1-12-11-14(5-8-16(12)17)13-3-6-15(7-4-13)21(18,19)10-9-20-2/h3-8,11H,9-10H2,1-2H3. The van der Waals surface area contributed by atoms with Crippen LogP contribution in [-0.2, 0) is 14.6 Å². The first-order valence-corrected chi connectivity index (χ1v) is 8.17. The molecule has 0 saturated carbocycles. The van der Waals surface area contributed by atoms with Crippen molar-refractivity contribution in [2.45, 2.75) is 11.8 Å². The summed E-state index contributed by atoms with van der Waals surface area (Å²) in [5.74, 6) is -0.295. The third-order valence-corrected chi connectivity index (χ3v) is 4.96. The molecule has 0 spiro atoms. The summed E-state index contributed by atoms with van der Waals surface area (Å²) < 4.78 is 42.1. The van der Waals surface area contributed by atoms with E-state index in [1.54, 1.807) is 43.3 Å². The number of ether oxygens (including phenoxy) is 1. The minimum Gasteiger partial charge on any atom is -0.384 e. The third kappa shape index (κ3) is 3.68. The Balaban J connectivity index is 2.28. The monoisotopic (exact) mass is 308 g/mol. The van der Waals surface area contributed by atoms with Gasteiger partial charge in [-0.2, -0.15) is 0 Å². The van der Waals surface area contributed by atoms with Crippen LogP contribution < -0.4 is 0 Å². The van der Waals surface area contributed by atoms with E-state index in [4.69, 9.17) is 4.74 Å². The van der Waals surface area contributed by atoms with Crippen LogP contribution in [0.25, 0.3) is 11.1 Å². The summed E-state index contributed by atoms with van der Waals surface area (Å²) in [5, 5.41) is 0. The van der Waals surface area contributed by atoms with Gasteiger partial charge in [0.1, 0.15) is 5.82 Å². The summed E-state index contributed by atoms with van der Waals surface area (Å²) in [6, 6.07) is 11.4. The van der Waals surface area contributed by atoms with Gasteiger partial charge in [0.15, 0.2) is 9.84 Å². The van der Waals surface area contributed by atoms with Gasteiger partial charge in [-0.05, 0) is 47.9 Å². The molecule has 0 bridgehead atoms. The predicted molar refractivity (Wildman–Crippen MR) is 80.5 cm³/mol. The first kappa shape index (κ1) is 15.7. The summed E-state index contributed by atoms with van der Waals surface area (Å²) in [6.07, 6.45) is 0. The van der Waals surface area contributed by atoms with Gasteiger partial charge in [-0.25, -0.2) is 12.8 Å². The Hall–Kier alpha value is -1.72. The molecule has 0 unspecified atom stereocenters. The molecule has 0 saturated heterocycles. The Morgan fingerprint density at radius 2 is 1.67 bits per heavy atom. The highest BCUT2D eigenvalue weighted by atomic mass is 32.2. The Labute approximate surface area is 124 Å². The van der Waals surface area contributed by atoms with Crippen LogP contribution in [0.5, 0.6) is 0 Å². The average molecular weight is 308 g/mol. The molecule has 0 aliphatic carbocycles. The van der Waals surface area contributed by atoms with Crippen molar-refractivity contribution in [2.24, 2.45) is 0 Å². The Morgan fingerprint density at radius 3 is 2.24 bits per heavy atom. The third-order valence-electron chi connectivity index (χ3n) is 3.26. The van der Waals surface area contributed by atoms with E-state index in [1.165, 1.54) is 13.2 Å². The lowest BCUT2D eigenvalue weighted by molar-refractivity contribution is 0.217. The summed E-state index contributed by atoms with van der Waals surface area (Å²) in [6.45, 7) is 1.86. The average Bonchev–Trinajstić information content (AvgIpc) is 2.48. The van der Waals surface area contributed by atoms with Crippen molar-refractivity contribution in [3.8, 4) is 11.1 Å². The second-order valence-corrected chi connectivity index (χ2v) is 6.91. The zero-order chi connectivity index (χ0) is 15.5. The van der Waals surface area contributed by atoms with E-state index in [0.29, 0.717) is 5.56 Å². The van der Waals surface area contributed by atoms with Gasteiger partial charge < -0.3 is 4.74 Å². The van der Waals surface area contributed by atoms with Gasteiger partial charge in [0.25, 0.3) is 0 Å². The largest absolute Gasteiger partial charge is 0.384 e. The number of methoxy groups -OCH3 is 1. The van der Waals surface area contributed by atoms with Crippen LogP contribution in [0.15, 0.2) is 47.4 Å². The first-order valence-electron chi connectivity index (χ1n) is 6.52. The normalized spacial score (nSPS) is 11.6. The Bertz CT molecular complexity index is 722. The summed E-state index contributed by atoms with van der Waals surface area (Å²) in [5.41, 5.74) is 2.27. The smallest absolute Gasteiger partial charge is 0.180 e. The van der Waals surface area contributed by atoms with Gasteiger partial charge in [-0.3, -0.25) is 0 Å². The van der Waals surface area contributed by atoms with Crippen molar-refractivity contribution in [2.75, 3.05) is 19.5 Å². The maximum atomic E-state index is 13.3. The van der Waals surface area contributed by atoms with E-state index in [1.807, 2.05) is 0 Å². The quantitative estimate of drug-likeness (QED) is 0.852. The second-order valence-electron chi connectivity index (χ2n) is 4.80. The molecular weight excluding hydrogens is 291 g/mol. The van der Waals surface area contributed by atoms with Crippen molar-refractivity contribution in [3.05, 3.63) is 53.8 Å². The second kappa shape index (κ2) is 6.37. The molecule has 0 fully saturated rings. The van der Waals surface area contributed by atoms with Crippen molar-refractivity contribution in [1.82, 2.24) is 0 Å². The van der Waals surface area contributed by atoms with Crippen molar-refractivity contribution in [3.63, 3.8) is 0 Å². The summed E-state index contributed by atoms with van der Waals surface area (Å²) in [4.78, 5) is 0.266. The lowest BCUT2D eigenvalue weighted by atomic mass is 10.0. The fourth-order valence-electron chi connectivity index (χ4n) is 1.99. The predicted octanol–water partition coefficient (Wildman–Crippen LogP) is 3.22. The van der Waals surface area contributed by atoms with Crippen LogP contribution in [0.2, 0.25) is 0 Å². The molecule has 0 aromatic heterocycles. The molecule has 0 atom stereocenters. The molecular formula is C16H17FO3S. The number of rotatable bonds is 5. The fourth-order valence-corrected chi connectivity index (χ4v) is 3.16. The van der Waals surface area contributed by atoms with Gasteiger partial charge in [-0.1, -0.05) is 18.2 Å². The van der Waals surface area contributed by atoms with E-state index in [2.05, 4.69) is 0 Å². The van der Waals surface area contributed by atoms with Gasteiger partial charge in [0.2, 0.25) is 0 Å². The number of hydrogen-bond donors (Lipinski definition) is 0. The van der Waals surface area contributed by atoms with Crippen molar-refractivity contribution in [1.29, 1.82) is 0 Å². The highest BCUT2D eigenvalue weighted by molar-refractivity contribution is 7.91. The molecule has 2 aromatic carbocycles. The highest BCUT2D eigenvalue weighted by Crippen LogP contribution is 2.23. The van der Waals surface area contributed by atoms with Gasteiger partial charge in [-0.15, -0.1) is 0 Å². The van der Waals surface area contributed by atoms with E-state index in [0.717, 1.165) is 11.1 Å². The fraction of sp³-hybridized carbons (Fsp3) is 0.250. The molecule has 5 heteroatoms. The van der Waals surface area contributed by atoms with E-state index >= 15 is 0 Å². The van der Waals surface area contributed by atoms with Gasteiger partial charge >= 0.3 is 0 Å². The SMILES string of the molecule is COCCS(=O)(=O)c1ccc(-c2ccc(F)c(C)c2)cc1. The van der Waals surface area contributed by atoms with Crippen molar-refractivity contribution >= 4 is 9.84 Å². The zero-order valence-electron chi connectivity index (χ0n) is 12.0. The molecule has 3 nitrogen and oxygen atoms in total. The lowest BCUT2D eigenvalue weighted by Gasteiger charge is -2.07. The van der Waals surface area contributed by atoms with Crippen LogP contribution in [-0.4, -0.2) is 27.9 Å². The Kier molecular flexibility index (Phi) is 4.75. The molecule has 0 amide bonds. The van der Waals surface area contributed by atoms with E-state index < -0.39 is 9.84 Å². The number of aryl methyl sites for hydroxylation is 1. The molecule has 0 aliphatic heterocycles. The van der Waals surface area contributed by atoms with E-state index in [-0.39, 0.29) is 23.1 Å². The van der Waals surface area contributed by atoms with Crippen LogP contribution in [0.4, 0.5) is 4.39 Å². The maximum absolute atomic E-state index is 13.3. The van der Waals surface area contributed by atoms with Gasteiger partial charge in [0.05, 0.1) is 17.3 Å². The summed E-state index contributed by atoms with van der Waals surface area (Å²) >= 11 is 0. The van der Waals surface area contributed by atoms with Crippen LogP contribution >= 0.6 is 0 Å². The highest BCUT2D eigenvalue weighted by Gasteiger charge is 2.14. The summed E-state index contributed by atoms with van der Waals surface area (Å²) in [7, 11) is -1.85. The first-order chi connectivity index (χ1) is 9.94. The van der Waals surface area contributed by atoms with Gasteiger partial charge in [0, 0.05) is 7.11 Å². The Morgan fingerprint density at radius 1 is 1.05 bits per heavy atom. The maximum Gasteiger partial charge on any atom is 0.180 e. The number of sulfone groups is 1. The van der Waals surface area contributed by atoms with E-state index in [9.17, 15) is 12.8 Å². The minimum absolute atomic E-state index is 0.0432. The van der Waals surface area contributed by atoms with Crippen LogP contribution in [0.1, 0.15) is 5.56 Å². The molecule has 0 N–H and O–H groups in total. The zero-order valence-corrected chi connectivity index (χ0v) is 12.8. The minimum atomic E-state index is -3.32. The molecule has 112 valence electrons. The number of hydrogen-bond acceptors (Lipinski definition) is 3. The molecule has 0 aliphatic rings. The molecule has 2 rings (SSSR count). The molecule has 2 aromatic rings. The van der Waals surface area contributed by atoms with Crippen LogP contribution in [0, 0.1) is 12.7 Å².